The fourth-order valence-corrected chi connectivity index (χ4v) is 3.13. The van der Waals surface area contributed by atoms with Gasteiger partial charge in [-0.05, 0) is 11.6 Å². The van der Waals surface area contributed by atoms with Crippen molar-refractivity contribution < 1.29 is 9.59 Å². The molecule has 27 heavy (non-hydrogen) atoms. The van der Waals surface area contributed by atoms with E-state index in [1.54, 1.807) is 29.2 Å². The molecule has 0 aliphatic carbocycles. The summed E-state index contributed by atoms with van der Waals surface area (Å²) in [6.07, 6.45) is 3.36. The normalized spacial score (nSPS) is 13.0. The van der Waals surface area contributed by atoms with Gasteiger partial charge in [0, 0.05) is 23.0 Å². The van der Waals surface area contributed by atoms with Crippen molar-refractivity contribution in [1.29, 1.82) is 0 Å². The molecular formula is C21H18N4O2. The van der Waals surface area contributed by atoms with Gasteiger partial charge in [0.2, 0.25) is 5.91 Å². The van der Waals surface area contributed by atoms with Crippen molar-refractivity contribution in [2.24, 2.45) is 0 Å². The van der Waals surface area contributed by atoms with Gasteiger partial charge in [-0.3, -0.25) is 19.2 Å². The van der Waals surface area contributed by atoms with Gasteiger partial charge >= 0.3 is 0 Å². The minimum atomic E-state index is -0.295. The number of hydrogen-bond donors (Lipinski definition) is 1. The van der Waals surface area contributed by atoms with Gasteiger partial charge in [-0.25, -0.2) is 0 Å². The quantitative estimate of drug-likeness (QED) is 0.762. The molecule has 0 radical (unpaired) electrons. The highest BCUT2D eigenvalue weighted by Crippen LogP contribution is 2.30. The number of amides is 2. The van der Waals surface area contributed by atoms with Crippen LogP contribution in [0, 0.1) is 0 Å². The van der Waals surface area contributed by atoms with Crippen LogP contribution in [0.15, 0.2) is 73.6 Å². The Morgan fingerprint density at radius 2 is 1.74 bits per heavy atom. The number of hydrogen-bond acceptors (Lipinski definition) is 3. The lowest BCUT2D eigenvalue weighted by Gasteiger charge is -2.16. The highest BCUT2D eigenvalue weighted by molar-refractivity contribution is 6.11. The summed E-state index contributed by atoms with van der Waals surface area (Å²) in [7, 11) is 0. The maximum Gasteiger partial charge on any atom is 0.259 e. The van der Waals surface area contributed by atoms with Crippen molar-refractivity contribution in [3.05, 3.63) is 90.3 Å². The molecule has 4 rings (SSSR count). The molecule has 3 aromatic rings. The van der Waals surface area contributed by atoms with E-state index in [2.05, 4.69) is 17.0 Å². The Morgan fingerprint density at radius 3 is 2.48 bits per heavy atom. The summed E-state index contributed by atoms with van der Waals surface area (Å²) in [5, 5.41) is 7.05. The maximum atomic E-state index is 12.5. The minimum absolute atomic E-state index is 0.0871. The molecule has 0 unspecified atom stereocenters. The lowest BCUT2D eigenvalue weighted by atomic mass is 10.1. The number of benzene rings is 2. The van der Waals surface area contributed by atoms with Gasteiger partial charge in [-0.1, -0.05) is 55.1 Å². The maximum absolute atomic E-state index is 12.5. The largest absolute Gasteiger partial charge is 0.322 e. The number of nitrogens with zero attached hydrogens (tertiary/aromatic N) is 3. The molecule has 1 aliphatic heterocycles. The molecule has 2 amide bonds. The lowest BCUT2D eigenvalue weighted by molar-refractivity contribution is -0.116. The third-order valence-corrected chi connectivity index (χ3v) is 4.45. The number of anilines is 1. The zero-order valence-electron chi connectivity index (χ0n) is 14.6. The summed E-state index contributed by atoms with van der Waals surface area (Å²) in [6.45, 7) is 4.48. The molecule has 6 nitrogen and oxygen atoms in total. The van der Waals surface area contributed by atoms with Crippen molar-refractivity contribution in [3.63, 3.8) is 0 Å². The molecule has 0 fully saturated rings. The SMILES string of the molecule is C=C1c2ccccc2C(=O)N1CC(=O)Nc1cnn(Cc2ccccc2)c1. The number of aromatic nitrogens is 2. The zero-order valence-corrected chi connectivity index (χ0v) is 14.6. The molecule has 0 saturated heterocycles. The van der Waals surface area contributed by atoms with E-state index in [4.69, 9.17) is 0 Å². The van der Waals surface area contributed by atoms with Crippen LogP contribution >= 0.6 is 0 Å². The molecule has 0 bridgehead atoms. The molecule has 0 atom stereocenters. The van der Waals surface area contributed by atoms with Crippen LogP contribution in [0.5, 0.6) is 0 Å². The monoisotopic (exact) mass is 358 g/mol. The highest BCUT2D eigenvalue weighted by atomic mass is 16.2. The summed E-state index contributed by atoms with van der Waals surface area (Å²) >= 11 is 0. The molecule has 6 heteroatoms. The Hall–Kier alpha value is -3.67. The molecule has 1 aromatic heterocycles. The van der Waals surface area contributed by atoms with E-state index in [-0.39, 0.29) is 18.4 Å². The van der Waals surface area contributed by atoms with Crippen LogP contribution in [0.25, 0.3) is 5.70 Å². The summed E-state index contributed by atoms with van der Waals surface area (Å²) < 4.78 is 1.75. The first-order valence-corrected chi connectivity index (χ1v) is 8.58. The van der Waals surface area contributed by atoms with Gasteiger partial charge in [0.05, 0.1) is 18.4 Å². The second-order valence-electron chi connectivity index (χ2n) is 6.34. The number of rotatable bonds is 5. The average Bonchev–Trinajstić information content (AvgIpc) is 3.21. The first-order chi connectivity index (χ1) is 13.1. The molecule has 1 aliphatic rings. The predicted octanol–water partition coefficient (Wildman–Crippen LogP) is 3.00. The van der Waals surface area contributed by atoms with Crippen LogP contribution in [-0.2, 0) is 11.3 Å². The van der Waals surface area contributed by atoms with Crippen molar-refractivity contribution in [2.45, 2.75) is 6.54 Å². The van der Waals surface area contributed by atoms with E-state index in [1.807, 2.05) is 42.5 Å². The standard InChI is InChI=1S/C21H18N4O2/c1-15-18-9-5-6-10-19(18)21(27)25(15)14-20(26)23-17-11-22-24(13-17)12-16-7-3-2-4-8-16/h2-11,13H,1,12,14H2,(H,23,26). The number of carbonyl (C=O) groups excluding carboxylic acids is 2. The van der Waals surface area contributed by atoms with Gasteiger partial charge < -0.3 is 5.32 Å². The Kier molecular flexibility index (Phi) is 4.30. The Balaban J connectivity index is 1.39. The van der Waals surface area contributed by atoms with Gasteiger partial charge in [0.15, 0.2) is 0 Å². The number of nitrogens with one attached hydrogen (secondary N) is 1. The Bertz CT molecular complexity index is 988. The van der Waals surface area contributed by atoms with Gasteiger partial charge in [0.25, 0.3) is 5.91 Å². The van der Waals surface area contributed by atoms with Crippen LogP contribution in [0.1, 0.15) is 21.5 Å². The van der Waals surface area contributed by atoms with Gasteiger partial charge in [-0.2, -0.15) is 5.10 Å². The smallest absolute Gasteiger partial charge is 0.259 e. The van der Waals surface area contributed by atoms with Gasteiger partial charge in [-0.15, -0.1) is 0 Å². The zero-order chi connectivity index (χ0) is 18.8. The average molecular weight is 358 g/mol. The van der Waals surface area contributed by atoms with Crippen LogP contribution in [0.3, 0.4) is 0 Å². The van der Waals surface area contributed by atoms with Crippen molar-refractivity contribution in [1.82, 2.24) is 14.7 Å². The minimum Gasteiger partial charge on any atom is -0.322 e. The second-order valence-corrected chi connectivity index (χ2v) is 6.34. The topological polar surface area (TPSA) is 67.2 Å². The van der Waals surface area contributed by atoms with Crippen molar-refractivity contribution in [3.8, 4) is 0 Å². The Morgan fingerprint density at radius 1 is 1.04 bits per heavy atom. The third-order valence-electron chi connectivity index (χ3n) is 4.45. The number of carbonyl (C=O) groups is 2. The van der Waals surface area contributed by atoms with Gasteiger partial charge in [0.1, 0.15) is 6.54 Å². The number of fused-ring (bicyclic) bond motifs is 1. The summed E-state index contributed by atoms with van der Waals surface area (Å²) in [5.74, 6) is -0.498. The Labute approximate surface area is 156 Å². The molecule has 0 spiro atoms. The van der Waals surface area contributed by atoms with E-state index in [0.29, 0.717) is 23.5 Å². The van der Waals surface area contributed by atoms with Crippen LogP contribution < -0.4 is 5.32 Å². The molecule has 0 saturated carbocycles. The van der Waals surface area contributed by atoms with Crippen molar-refractivity contribution >= 4 is 23.2 Å². The van der Waals surface area contributed by atoms with E-state index in [9.17, 15) is 9.59 Å². The molecule has 2 aromatic carbocycles. The third kappa shape index (κ3) is 3.37. The van der Waals surface area contributed by atoms with E-state index < -0.39 is 0 Å². The first kappa shape index (κ1) is 16.8. The second kappa shape index (κ2) is 6.92. The molecular weight excluding hydrogens is 340 g/mol. The summed E-state index contributed by atoms with van der Waals surface area (Å²) in [4.78, 5) is 26.3. The van der Waals surface area contributed by atoms with Crippen LogP contribution in [-0.4, -0.2) is 33.0 Å². The van der Waals surface area contributed by atoms with E-state index in [0.717, 1.165) is 11.1 Å². The molecule has 1 N–H and O–H groups in total. The summed E-state index contributed by atoms with van der Waals surface area (Å²) in [6, 6.07) is 17.2. The molecule has 2 heterocycles. The first-order valence-electron chi connectivity index (χ1n) is 8.58. The highest BCUT2D eigenvalue weighted by Gasteiger charge is 2.31. The predicted molar refractivity (Wildman–Crippen MR) is 103 cm³/mol. The van der Waals surface area contributed by atoms with Crippen LogP contribution in [0.4, 0.5) is 5.69 Å². The fraction of sp³-hybridized carbons (Fsp3) is 0.0952. The van der Waals surface area contributed by atoms with Crippen LogP contribution in [0.2, 0.25) is 0 Å². The van der Waals surface area contributed by atoms with E-state index >= 15 is 0 Å². The lowest BCUT2D eigenvalue weighted by Crippen LogP contribution is -2.32. The van der Waals surface area contributed by atoms with E-state index in [1.165, 1.54) is 4.90 Å². The molecule has 134 valence electrons. The summed E-state index contributed by atoms with van der Waals surface area (Å²) in [5.41, 5.74) is 3.60. The van der Waals surface area contributed by atoms with Crippen molar-refractivity contribution in [2.75, 3.05) is 11.9 Å². The fourth-order valence-electron chi connectivity index (χ4n) is 3.13.